The van der Waals surface area contributed by atoms with E-state index >= 15 is 0 Å². The van der Waals surface area contributed by atoms with E-state index in [0.717, 1.165) is 33.9 Å². The molecule has 4 rings (SSSR count). The van der Waals surface area contributed by atoms with Gasteiger partial charge in [-0.2, -0.15) is 0 Å². The van der Waals surface area contributed by atoms with Crippen molar-refractivity contribution in [1.29, 1.82) is 0 Å². The van der Waals surface area contributed by atoms with Gasteiger partial charge in [-0.05, 0) is 29.8 Å². The van der Waals surface area contributed by atoms with E-state index in [-0.39, 0.29) is 10.1 Å². The molecule has 0 aliphatic carbocycles. The van der Waals surface area contributed by atoms with Gasteiger partial charge in [-0.3, -0.25) is 0 Å². The van der Waals surface area contributed by atoms with Gasteiger partial charge in [-0.25, -0.2) is 17.9 Å². The molecule has 0 unspecified atom stereocenters. The lowest BCUT2D eigenvalue weighted by Gasteiger charge is -2.08. The Morgan fingerprint density at radius 3 is 2.50 bits per heavy atom. The first-order chi connectivity index (χ1) is 14.5. The Labute approximate surface area is 178 Å². The third-order valence-electron chi connectivity index (χ3n) is 4.43. The molecule has 0 spiro atoms. The van der Waals surface area contributed by atoms with Crippen LogP contribution in [0.15, 0.2) is 65.1 Å². The fourth-order valence-electron chi connectivity index (χ4n) is 2.77. The molecule has 0 N–H and O–H groups in total. The van der Waals surface area contributed by atoms with E-state index in [2.05, 4.69) is 10.1 Å². The maximum atomic E-state index is 11.9. The van der Waals surface area contributed by atoms with E-state index in [1.807, 2.05) is 54.6 Å². The van der Waals surface area contributed by atoms with Gasteiger partial charge in [0.15, 0.2) is 0 Å². The molecule has 2 aromatic heterocycles. The van der Waals surface area contributed by atoms with E-state index in [9.17, 15) is 8.42 Å². The molecule has 4 aromatic rings. The van der Waals surface area contributed by atoms with Crippen LogP contribution in [0.25, 0.3) is 16.2 Å². The molecule has 0 bridgehead atoms. The zero-order valence-electron chi connectivity index (χ0n) is 16.4. The van der Waals surface area contributed by atoms with Crippen molar-refractivity contribution in [3.05, 3.63) is 66.4 Å². The number of fused-ring (bicyclic) bond motifs is 1. The maximum Gasteiger partial charge on any atom is 0.232 e. The number of aromatic nitrogens is 3. The van der Waals surface area contributed by atoms with Gasteiger partial charge < -0.3 is 9.47 Å². The highest BCUT2D eigenvalue weighted by Gasteiger charge is 2.19. The number of imidazole rings is 1. The van der Waals surface area contributed by atoms with Gasteiger partial charge >= 0.3 is 0 Å². The number of hydrogen-bond donors (Lipinski definition) is 0. The Kier molecular flexibility index (Phi) is 6.12. The average Bonchev–Trinajstić information content (AvgIpc) is 3.35. The standard InChI is InChI=1S/C21H21N3O4S2/c1-2-30(25,26)21-23-24-14-19(22-20(24)29-21)17-8-10-18(11-9-17)28-13-12-27-15-16-6-4-3-5-7-16/h3-11,14H,2,12-13,15H2,1H3. The highest BCUT2D eigenvalue weighted by Crippen LogP contribution is 2.26. The van der Waals surface area contributed by atoms with E-state index in [0.29, 0.717) is 24.8 Å². The van der Waals surface area contributed by atoms with Crippen molar-refractivity contribution in [3.8, 4) is 17.0 Å². The predicted molar refractivity (Wildman–Crippen MR) is 116 cm³/mol. The minimum Gasteiger partial charge on any atom is -0.491 e. The Balaban J connectivity index is 1.32. The summed E-state index contributed by atoms with van der Waals surface area (Å²) in [5, 5.41) is 4.14. The van der Waals surface area contributed by atoms with Gasteiger partial charge in [-0.15, -0.1) is 5.10 Å². The Bertz CT molecular complexity index is 1180. The molecule has 2 aromatic carbocycles. The van der Waals surface area contributed by atoms with Gasteiger partial charge in [-0.1, -0.05) is 48.6 Å². The van der Waals surface area contributed by atoms with E-state index in [1.165, 1.54) is 4.52 Å². The summed E-state index contributed by atoms with van der Waals surface area (Å²) in [5.74, 6) is 0.771. The molecule has 2 heterocycles. The van der Waals surface area contributed by atoms with Crippen molar-refractivity contribution in [1.82, 2.24) is 14.6 Å². The second-order valence-electron chi connectivity index (χ2n) is 6.54. The monoisotopic (exact) mass is 443 g/mol. The lowest BCUT2D eigenvalue weighted by atomic mass is 10.2. The molecular weight excluding hydrogens is 422 g/mol. The molecule has 7 nitrogen and oxygen atoms in total. The SMILES string of the molecule is CCS(=O)(=O)c1nn2cc(-c3ccc(OCCOCc4ccccc4)cc3)nc2s1. The minimum absolute atomic E-state index is 0.0231. The van der Waals surface area contributed by atoms with E-state index in [4.69, 9.17) is 9.47 Å². The zero-order chi connectivity index (χ0) is 21.0. The fraction of sp³-hybridized carbons (Fsp3) is 0.238. The van der Waals surface area contributed by atoms with Crippen LogP contribution in [0.3, 0.4) is 0 Å². The number of sulfone groups is 1. The molecule has 0 saturated heterocycles. The van der Waals surface area contributed by atoms with Gasteiger partial charge in [0.2, 0.25) is 19.1 Å². The van der Waals surface area contributed by atoms with Crippen molar-refractivity contribution < 1.29 is 17.9 Å². The van der Waals surface area contributed by atoms with Crippen LogP contribution < -0.4 is 4.74 Å². The molecule has 0 fully saturated rings. The molecule has 9 heteroatoms. The average molecular weight is 444 g/mol. The molecule has 156 valence electrons. The van der Waals surface area contributed by atoms with Crippen molar-refractivity contribution in [2.45, 2.75) is 17.9 Å². The first kappa shape index (κ1) is 20.5. The number of rotatable bonds is 9. The Hall–Kier alpha value is -2.75. The third kappa shape index (κ3) is 4.69. The Morgan fingerprint density at radius 1 is 1.03 bits per heavy atom. The van der Waals surface area contributed by atoms with Gasteiger partial charge in [0, 0.05) is 5.56 Å². The zero-order valence-corrected chi connectivity index (χ0v) is 18.0. The summed E-state index contributed by atoms with van der Waals surface area (Å²) in [7, 11) is -3.32. The topological polar surface area (TPSA) is 82.8 Å². The van der Waals surface area contributed by atoms with Gasteiger partial charge in [0.1, 0.15) is 12.4 Å². The lowest BCUT2D eigenvalue weighted by molar-refractivity contribution is 0.0889. The largest absolute Gasteiger partial charge is 0.491 e. The van der Waals surface area contributed by atoms with E-state index in [1.54, 1.807) is 13.1 Å². The van der Waals surface area contributed by atoms with Crippen LogP contribution in [0.2, 0.25) is 0 Å². The van der Waals surface area contributed by atoms with Crippen molar-refractivity contribution in [2.75, 3.05) is 19.0 Å². The first-order valence-corrected chi connectivity index (χ1v) is 12.0. The molecule has 0 radical (unpaired) electrons. The van der Waals surface area contributed by atoms with Crippen molar-refractivity contribution in [2.24, 2.45) is 0 Å². The smallest absolute Gasteiger partial charge is 0.232 e. The third-order valence-corrected chi connectivity index (χ3v) is 7.53. The highest BCUT2D eigenvalue weighted by atomic mass is 32.2. The summed E-state index contributed by atoms with van der Waals surface area (Å²) >= 11 is 1.08. The minimum atomic E-state index is -3.32. The van der Waals surface area contributed by atoms with Gasteiger partial charge in [0.25, 0.3) is 0 Å². The molecule has 30 heavy (non-hydrogen) atoms. The molecule has 0 aliphatic rings. The van der Waals surface area contributed by atoms with Crippen molar-refractivity contribution in [3.63, 3.8) is 0 Å². The molecule has 0 amide bonds. The highest BCUT2D eigenvalue weighted by molar-refractivity contribution is 7.93. The molecule has 0 aliphatic heterocycles. The van der Waals surface area contributed by atoms with Crippen LogP contribution in [-0.2, 0) is 21.2 Å². The number of benzene rings is 2. The van der Waals surface area contributed by atoms with Crippen LogP contribution >= 0.6 is 11.3 Å². The molecular formula is C21H21N3O4S2. The summed E-state index contributed by atoms with van der Waals surface area (Å²) in [6.07, 6.45) is 1.73. The van der Waals surface area contributed by atoms with Crippen LogP contribution in [-0.4, -0.2) is 42.0 Å². The molecule has 0 saturated carbocycles. The summed E-state index contributed by atoms with van der Waals surface area (Å²) in [5.41, 5.74) is 2.77. The lowest BCUT2D eigenvalue weighted by Crippen LogP contribution is -2.06. The first-order valence-electron chi connectivity index (χ1n) is 9.49. The van der Waals surface area contributed by atoms with Crippen LogP contribution in [0.1, 0.15) is 12.5 Å². The normalized spacial score (nSPS) is 11.8. The maximum absolute atomic E-state index is 11.9. The number of hydrogen-bond acceptors (Lipinski definition) is 7. The summed E-state index contributed by atoms with van der Waals surface area (Å²) in [4.78, 5) is 5.04. The summed E-state index contributed by atoms with van der Waals surface area (Å²) in [6.45, 7) is 3.13. The van der Waals surface area contributed by atoms with Crippen LogP contribution in [0.5, 0.6) is 5.75 Å². The number of nitrogens with zero attached hydrogens (tertiary/aromatic N) is 3. The summed E-state index contributed by atoms with van der Waals surface area (Å²) < 4.78 is 36.8. The van der Waals surface area contributed by atoms with Crippen LogP contribution in [0, 0.1) is 0 Å². The van der Waals surface area contributed by atoms with E-state index < -0.39 is 9.84 Å². The fourth-order valence-corrected chi connectivity index (χ4v) is 4.94. The second-order valence-corrected chi connectivity index (χ2v) is 9.94. The summed E-state index contributed by atoms with van der Waals surface area (Å²) in [6, 6.07) is 17.6. The molecule has 0 atom stereocenters. The quantitative estimate of drug-likeness (QED) is 0.366. The Morgan fingerprint density at radius 2 is 1.80 bits per heavy atom. The predicted octanol–water partition coefficient (Wildman–Crippen LogP) is 3.85. The second kappa shape index (κ2) is 8.95. The van der Waals surface area contributed by atoms with Crippen LogP contribution in [0.4, 0.5) is 0 Å². The van der Waals surface area contributed by atoms with Crippen molar-refractivity contribution >= 4 is 26.1 Å². The van der Waals surface area contributed by atoms with Gasteiger partial charge in [0.05, 0.1) is 30.9 Å². The number of ether oxygens (including phenoxy) is 2.